The van der Waals surface area contributed by atoms with E-state index in [1.54, 1.807) is 0 Å². The molecule has 0 aliphatic heterocycles. The zero-order valence-corrected chi connectivity index (χ0v) is 12.0. The SMILES string of the molecule is CCc1nc2cc(N)ccc2n1CCCCSC. The summed E-state index contributed by atoms with van der Waals surface area (Å²) >= 11 is 1.91. The van der Waals surface area contributed by atoms with Gasteiger partial charge in [0, 0.05) is 18.7 Å². The quantitative estimate of drug-likeness (QED) is 0.642. The number of anilines is 1. The monoisotopic (exact) mass is 263 g/mol. The van der Waals surface area contributed by atoms with E-state index in [4.69, 9.17) is 5.73 Å². The number of imidazole rings is 1. The summed E-state index contributed by atoms with van der Waals surface area (Å²) in [7, 11) is 0. The average molecular weight is 263 g/mol. The predicted molar refractivity (Wildman–Crippen MR) is 81.1 cm³/mol. The van der Waals surface area contributed by atoms with E-state index in [-0.39, 0.29) is 0 Å². The Kier molecular flexibility index (Phi) is 4.53. The van der Waals surface area contributed by atoms with Crippen LogP contribution < -0.4 is 5.73 Å². The van der Waals surface area contributed by atoms with Gasteiger partial charge in [0.25, 0.3) is 0 Å². The maximum atomic E-state index is 5.81. The molecule has 0 saturated heterocycles. The second-order valence-corrected chi connectivity index (χ2v) is 5.47. The lowest BCUT2D eigenvalue weighted by atomic mass is 10.2. The minimum Gasteiger partial charge on any atom is -0.399 e. The van der Waals surface area contributed by atoms with Crippen molar-refractivity contribution in [2.24, 2.45) is 0 Å². The summed E-state index contributed by atoms with van der Waals surface area (Å²) in [6.45, 7) is 3.22. The molecule has 0 fully saturated rings. The van der Waals surface area contributed by atoms with Crippen molar-refractivity contribution in [3.8, 4) is 0 Å². The highest BCUT2D eigenvalue weighted by molar-refractivity contribution is 7.98. The third kappa shape index (κ3) is 2.80. The Balaban J connectivity index is 2.23. The van der Waals surface area contributed by atoms with Crippen molar-refractivity contribution < 1.29 is 0 Å². The Labute approximate surface area is 113 Å². The average Bonchev–Trinajstić information content (AvgIpc) is 2.71. The number of unbranched alkanes of at least 4 members (excludes halogenated alkanes) is 1. The van der Waals surface area contributed by atoms with Gasteiger partial charge in [-0.25, -0.2) is 4.98 Å². The Morgan fingerprint density at radius 1 is 1.33 bits per heavy atom. The van der Waals surface area contributed by atoms with Gasteiger partial charge in [0.05, 0.1) is 11.0 Å². The van der Waals surface area contributed by atoms with Crippen molar-refractivity contribution in [2.75, 3.05) is 17.7 Å². The number of fused-ring (bicyclic) bond motifs is 1. The number of benzene rings is 1. The van der Waals surface area contributed by atoms with E-state index in [1.165, 1.54) is 29.9 Å². The summed E-state index contributed by atoms with van der Waals surface area (Å²) < 4.78 is 2.34. The molecule has 1 aromatic carbocycles. The topological polar surface area (TPSA) is 43.8 Å². The number of hydrogen-bond donors (Lipinski definition) is 1. The molecule has 18 heavy (non-hydrogen) atoms. The number of aryl methyl sites for hydroxylation is 2. The van der Waals surface area contributed by atoms with Gasteiger partial charge in [-0.3, -0.25) is 0 Å². The Morgan fingerprint density at radius 3 is 2.89 bits per heavy atom. The van der Waals surface area contributed by atoms with Crippen molar-refractivity contribution in [2.45, 2.75) is 32.7 Å². The first-order valence-corrected chi connectivity index (χ1v) is 7.89. The molecule has 0 saturated carbocycles. The minimum atomic E-state index is 0.789. The highest BCUT2D eigenvalue weighted by Crippen LogP contribution is 2.20. The van der Waals surface area contributed by atoms with Gasteiger partial charge in [-0.1, -0.05) is 6.92 Å². The van der Waals surface area contributed by atoms with Gasteiger partial charge in [-0.15, -0.1) is 0 Å². The molecule has 4 heteroatoms. The van der Waals surface area contributed by atoms with Crippen LogP contribution in [0.5, 0.6) is 0 Å². The van der Waals surface area contributed by atoms with Crippen LogP contribution in [0.1, 0.15) is 25.6 Å². The van der Waals surface area contributed by atoms with Crippen molar-refractivity contribution in [1.82, 2.24) is 9.55 Å². The van der Waals surface area contributed by atoms with Crippen LogP contribution in [0.25, 0.3) is 11.0 Å². The van der Waals surface area contributed by atoms with Crippen molar-refractivity contribution in [3.63, 3.8) is 0 Å². The smallest absolute Gasteiger partial charge is 0.109 e. The van der Waals surface area contributed by atoms with E-state index < -0.39 is 0 Å². The van der Waals surface area contributed by atoms with Crippen molar-refractivity contribution in [1.29, 1.82) is 0 Å². The van der Waals surface area contributed by atoms with Gasteiger partial charge in [0.2, 0.25) is 0 Å². The van der Waals surface area contributed by atoms with Gasteiger partial charge in [0.1, 0.15) is 5.82 Å². The molecule has 0 aliphatic rings. The lowest BCUT2D eigenvalue weighted by Crippen LogP contribution is -2.03. The molecule has 2 N–H and O–H groups in total. The van der Waals surface area contributed by atoms with Gasteiger partial charge in [0.15, 0.2) is 0 Å². The standard InChI is InChI=1S/C14H21N3S/c1-3-14-16-12-10-11(15)6-7-13(12)17(14)8-4-5-9-18-2/h6-7,10H,3-5,8-9,15H2,1-2H3. The van der Waals surface area contributed by atoms with Crippen LogP contribution in [-0.4, -0.2) is 21.6 Å². The first-order chi connectivity index (χ1) is 8.76. The molecule has 2 aromatic rings. The summed E-state index contributed by atoms with van der Waals surface area (Å²) in [5.74, 6) is 2.40. The van der Waals surface area contributed by atoms with E-state index in [9.17, 15) is 0 Å². The Bertz CT molecular complexity index is 519. The predicted octanol–water partition coefficient (Wildman–Crippen LogP) is 3.32. The van der Waals surface area contributed by atoms with Crippen LogP contribution in [0.3, 0.4) is 0 Å². The van der Waals surface area contributed by atoms with Crippen LogP contribution in [0.2, 0.25) is 0 Å². The number of rotatable bonds is 6. The second-order valence-electron chi connectivity index (χ2n) is 4.48. The van der Waals surface area contributed by atoms with Crippen molar-refractivity contribution in [3.05, 3.63) is 24.0 Å². The van der Waals surface area contributed by atoms with Gasteiger partial charge in [-0.2, -0.15) is 11.8 Å². The Hall–Kier alpha value is -1.16. The van der Waals surface area contributed by atoms with Gasteiger partial charge >= 0.3 is 0 Å². The molecule has 0 aliphatic carbocycles. The van der Waals surface area contributed by atoms with Crippen LogP contribution in [0, 0.1) is 0 Å². The molecule has 3 nitrogen and oxygen atoms in total. The molecule has 1 aromatic heterocycles. The molecular weight excluding hydrogens is 242 g/mol. The molecule has 98 valence electrons. The fourth-order valence-electron chi connectivity index (χ4n) is 2.23. The number of thioether (sulfide) groups is 1. The number of aromatic nitrogens is 2. The molecule has 0 atom stereocenters. The molecule has 0 unspecified atom stereocenters. The first-order valence-electron chi connectivity index (χ1n) is 6.49. The van der Waals surface area contributed by atoms with Crippen LogP contribution in [0.15, 0.2) is 18.2 Å². The van der Waals surface area contributed by atoms with Crippen LogP contribution >= 0.6 is 11.8 Å². The summed E-state index contributed by atoms with van der Waals surface area (Å²) in [6.07, 6.45) is 5.60. The number of nitrogen functional groups attached to an aromatic ring is 1. The van der Waals surface area contributed by atoms with E-state index in [1.807, 2.05) is 23.9 Å². The summed E-state index contributed by atoms with van der Waals surface area (Å²) in [6, 6.07) is 6.01. The van der Waals surface area contributed by atoms with Gasteiger partial charge < -0.3 is 10.3 Å². The molecule has 2 rings (SSSR count). The largest absolute Gasteiger partial charge is 0.399 e. The molecule has 1 heterocycles. The number of nitrogens with zero attached hydrogens (tertiary/aromatic N) is 2. The van der Waals surface area contributed by atoms with Crippen LogP contribution in [0.4, 0.5) is 5.69 Å². The number of hydrogen-bond acceptors (Lipinski definition) is 3. The Morgan fingerprint density at radius 2 is 2.17 bits per heavy atom. The fraction of sp³-hybridized carbons (Fsp3) is 0.500. The van der Waals surface area contributed by atoms with Gasteiger partial charge in [-0.05, 0) is 43.0 Å². The first kappa shape index (κ1) is 13.3. The summed E-state index contributed by atoms with van der Waals surface area (Å²) in [5, 5.41) is 0. The third-order valence-corrected chi connectivity index (χ3v) is 3.84. The maximum absolute atomic E-state index is 5.81. The molecule has 0 spiro atoms. The lowest BCUT2D eigenvalue weighted by Gasteiger charge is -2.07. The van der Waals surface area contributed by atoms with E-state index >= 15 is 0 Å². The highest BCUT2D eigenvalue weighted by atomic mass is 32.2. The lowest BCUT2D eigenvalue weighted by molar-refractivity contribution is 0.622. The molecule has 0 bridgehead atoms. The third-order valence-electron chi connectivity index (χ3n) is 3.15. The zero-order valence-electron chi connectivity index (χ0n) is 11.1. The molecular formula is C14H21N3S. The summed E-state index contributed by atoms with van der Waals surface area (Å²) in [5.41, 5.74) is 8.84. The van der Waals surface area contributed by atoms with Crippen molar-refractivity contribution >= 4 is 28.5 Å². The number of nitrogens with two attached hydrogens (primary N) is 1. The van der Waals surface area contributed by atoms with E-state index in [0.717, 1.165) is 24.2 Å². The van der Waals surface area contributed by atoms with Crippen LogP contribution in [-0.2, 0) is 13.0 Å². The maximum Gasteiger partial charge on any atom is 0.109 e. The molecule has 0 radical (unpaired) electrons. The molecule has 0 amide bonds. The summed E-state index contributed by atoms with van der Waals surface area (Å²) in [4.78, 5) is 4.67. The van der Waals surface area contributed by atoms with E-state index in [0.29, 0.717) is 0 Å². The van der Waals surface area contributed by atoms with E-state index in [2.05, 4.69) is 28.8 Å². The normalized spacial score (nSPS) is 11.2. The zero-order chi connectivity index (χ0) is 13.0. The highest BCUT2D eigenvalue weighted by Gasteiger charge is 2.08. The fourth-order valence-corrected chi connectivity index (χ4v) is 2.73. The second kappa shape index (κ2) is 6.14. The minimum absolute atomic E-state index is 0.789.